The fourth-order valence-corrected chi connectivity index (χ4v) is 2.43. The number of furan rings is 1. The maximum absolute atomic E-state index is 12.2. The van der Waals surface area contributed by atoms with Gasteiger partial charge in [-0.25, -0.2) is 0 Å². The SMILES string of the molecule is O=C(Nc1ccc([N+](=O)[O-])cc1Cl)c1cc2cc(Cl)ccc2o1. The Morgan fingerprint density at radius 1 is 1.13 bits per heavy atom. The number of carbonyl (C=O) groups excluding carboxylic acids is 1. The van der Waals surface area contributed by atoms with Crippen molar-refractivity contribution in [1.82, 2.24) is 0 Å². The van der Waals surface area contributed by atoms with Crippen LogP contribution in [0.15, 0.2) is 46.9 Å². The molecule has 1 heterocycles. The van der Waals surface area contributed by atoms with Crippen LogP contribution in [0.1, 0.15) is 10.6 Å². The van der Waals surface area contributed by atoms with Crippen LogP contribution >= 0.6 is 23.2 Å². The van der Waals surface area contributed by atoms with Gasteiger partial charge in [0.1, 0.15) is 5.58 Å². The lowest BCUT2D eigenvalue weighted by Gasteiger charge is -2.05. The Balaban J connectivity index is 1.87. The summed E-state index contributed by atoms with van der Waals surface area (Å²) in [5.74, 6) is -0.440. The summed E-state index contributed by atoms with van der Waals surface area (Å²) in [6, 6.07) is 10.3. The number of rotatable bonds is 3. The number of nitrogens with zero attached hydrogens (tertiary/aromatic N) is 1. The molecule has 0 atom stereocenters. The van der Waals surface area contributed by atoms with E-state index in [4.69, 9.17) is 27.6 Å². The van der Waals surface area contributed by atoms with Crippen molar-refractivity contribution < 1.29 is 14.1 Å². The van der Waals surface area contributed by atoms with Crippen molar-refractivity contribution >= 4 is 51.5 Å². The van der Waals surface area contributed by atoms with Gasteiger partial charge >= 0.3 is 0 Å². The summed E-state index contributed by atoms with van der Waals surface area (Å²) < 4.78 is 5.44. The number of amides is 1. The Bertz CT molecular complexity index is 936. The molecule has 3 aromatic rings. The predicted octanol–water partition coefficient (Wildman–Crippen LogP) is 4.90. The molecule has 116 valence electrons. The number of hydrogen-bond acceptors (Lipinski definition) is 4. The zero-order chi connectivity index (χ0) is 16.6. The summed E-state index contributed by atoms with van der Waals surface area (Å²) in [5, 5.41) is 14.5. The summed E-state index contributed by atoms with van der Waals surface area (Å²) >= 11 is 11.8. The van der Waals surface area contributed by atoms with Gasteiger partial charge in [-0.2, -0.15) is 0 Å². The van der Waals surface area contributed by atoms with Crippen LogP contribution in [0, 0.1) is 10.1 Å². The number of nitro benzene ring substituents is 1. The lowest BCUT2D eigenvalue weighted by Crippen LogP contribution is -2.11. The summed E-state index contributed by atoms with van der Waals surface area (Å²) in [6.45, 7) is 0. The zero-order valence-corrected chi connectivity index (χ0v) is 12.9. The molecule has 6 nitrogen and oxygen atoms in total. The molecule has 0 aliphatic heterocycles. The zero-order valence-electron chi connectivity index (χ0n) is 11.4. The van der Waals surface area contributed by atoms with E-state index in [2.05, 4.69) is 5.32 Å². The molecule has 1 amide bonds. The van der Waals surface area contributed by atoms with E-state index in [0.717, 1.165) is 6.07 Å². The highest BCUT2D eigenvalue weighted by Crippen LogP contribution is 2.28. The van der Waals surface area contributed by atoms with Crippen LogP contribution in [-0.4, -0.2) is 10.8 Å². The van der Waals surface area contributed by atoms with E-state index in [1.165, 1.54) is 12.1 Å². The van der Waals surface area contributed by atoms with E-state index >= 15 is 0 Å². The summed E-state index contributed by atoms with van der Waals surface area (Å²) in [4.78, 5) is 22.3. The van der Waals surface area contributed by atoms with Crippen molar-refractivity contribution in [2.24, 2.45) is 0 Å². The van der Waals surface area contributed by atoms with Crippen LogP contribution in [-0.2, 0) is 0 Å². The van der Waals surface area contributed by atoms with E-state index < -0.39 is 10.8 Å². The Labute approximate surface area is 139 Å². The van der Waals surface area contributed by atoms with Gasteiger partial charge in [0.25, 0.3) is 11.6 Å². The maximum atomic E-state index is 12.2. The van der Waals surface area contributed by atoms with Gasteiger partial charge in [0, 0.05) is 22.5 Å². The number of halogens is 2. The van der Waals surface area contributed by atoms with Crippen LogP contribution in [0.25, 0.3) is 11.0 Å². The predicted molar refractivity (Wildman–Crippen MR) is 87.3 cm³/mol. The van der Waals surface area contributed by atoms with Crippen LogP contribution in [0.5, 0.6) is 0 Å². The molecule has 23 heavy (non-hydrogen) atoms. The number of benzene rings is 2. The van der Waals surface area contributed by atoms with Gasteiger partial charge in [0.05, 0.1) is 15.6 Å². The standard InChI is InChI=1S/C15H8Cl2N2O4/c16-9-1-4-13-8(5-9)6-14(23-13)15(20)18-12-3-2-10(19(21)22)7-11(12)17/h1-7H,(H,18,20). The third-order valence-electron chi connectivity index (χ3n) is 3.11. The molecular formula is C15H8Cl2N2O4. The van der Waals surface area contributed by atoms with Crippen molar-refractivity contribution in [2.75, 3.05) is 5.32 Å². The highest BCUT2D eigenvalue weighted by molar-refractivity contribution is 6.34. The van der Waals surface area contributed by atoms with Crippen LogP contribution in [0.2, 0.25) is 10.0 Å². The second-order valence-corrected chi connectivity index (χ2v) is 5.51. The second kappa shape index (κ2) is 5.91. The minimum atomic E-state index is -0.569. The van der Waals surface area contributed by atoms with Crippen molar-refractivity contribution in [3.8, 4) is 0 Å². The third-order valence-corrected chi connectivity index (χ3v) is 3.66. The van der Waals surface area contributed by atoms with Crippen molar-refractivity contribution in [1.29, 1.82) is 0 Å². The number of hydrogen-bond donors (Lipinski definition) is 1. The molecule has 0 spiro atoms. The molecule has 0 aliphatic carbocycles. The molecule has 0 radical (unpaired) electrons. The molecule has 8 heteroatoms. The number of nitro groups is 1. The number of nitrogens with one attached hydrogen (secondary N) is 1. The fraction of sp³-hybridized carbons (Fsp3) is 0. The molecule has 0 saturated carbocycles. The van der Waals surface area contributed by atoms with Gasteiger partial charge in [-0.15, -0.1) is 0 Å². The molecular weight excluding hydrogens is 343 g/mol. The summed E-state index contributed by atoms with van der Waals surface area (Å²) in [5.41, 5.74) is 0.612. The third kappa shape index (κ3) is 3.13. The Morgan fingerprint density at radius 2 is 1.91 bits per heavy atom. The van der Waals surface area contributed by atoms with Crippen LogP contribution in [0.3, 0.4) is 0 Å². The number of carbonyl (C=O) groups is 1. The molecule has 1 N–H and O–H groups in total. The van der Waals surface area contributed by atoms with Gasteiger partial charge in [0.15, 0.2) is 5.76 Å². The van der Waals surface area contributed by atoms with E-state index in [1.807, 2.05) is 0 Å². The maximum Gasteiger partial charge on any atom is 0.291 e. The van der Waals surface area contributed by atoms with E-state index in [-0.39, 0.29) is 22.2 Å². The topological polar surface area (TPSA) is 85.4 Å². The quantitative estimate of drug-likeness (QED) is 0.537. The number of fused-ring (bicyclic) bond motifs is 1. The monoisotopic (exact) mass is 350 g/mol. The van der Waals surface area contributed by atoms with Gasteiger partial charge in [0.2, 0.25) is 0 Å². The number of non-ortho nitro benzene ring substituents is 1. The van der Waals surface area contributed by atoms with Crippen molar-refractivity contribution in [3.63, 3.8) is 0 Å². The summed E-state index contributed by atoms with van der Waals surface area (Å²) in [7, 11) is 0. The molecule has 3 rings (SSSR count). The normalized spacial score (nSPS) is 10.7. The smallest absolute Gasteiger partial charge is 0.291 e. The van der Waals surface area contributed by atoms with Gasteiger partial charge in [-0.05, 0) is 30.3 Å². The number of anilines is 1. The van der Waals surface area contributed by atoms with Gasteiger partial charge in [-0.1, -0.05) is 23.2 Å². The highest BCUT2D eigenvalue weighted by Gasteiger charge is 2.16. The first-order valence-electron chi connectivity index (χ1n) is 6.38. The van der Waals surface area contributed by atoms with Crippen LogP contribution < -0.4 is 5.32 Å². The minimum absolute atomic E-state index is 0.0618. The largest absolute Gasteiger partial charge is 0.451 e. The van der Waals surface area contributed by atoms with Gasteiger partial charge < -0.3 is 9.73 Å². The average Bonchev–Trinajstić information content (AvgIpc) is 2.92. The Hall–Kier alpha value is -2.57. The Kier molecular flexibility index (Phi) is 3.94. The lowest BCUT2D eigenvalue weighted by molar-refractivity contribution is -0.384. The van der Waals surface area contributed by atoms with E-state index in [0.29, 0.717) is 16.0 Å². The molecule has 0 fully saturated rings. The van der Waals surface area contributed by atoms with Crippen LogP contribution in [0.4, 0.5) is 11.4 Å². The van der Waals surface area contributed by atoms with E-state index in [9.17, 15) is 14.9 Å². The first-order chi connectivity index (χ1) is 10.9. The van der Waals surface area contributed by atoms with E-state index in [1.54, 1.807) is 24.3 Å². The molecule has 0 aliphatic rings. The van der Waals surface area contributed by atoms with Crippen molar-refractivity contribution in [2.45, 2.75) is 0 Å². The second-order valence-electron chi connectivity index (χ2n) is 4.67. The summed E-state index contributed by atoms with van der Waals surface area (Å²) in [6.07, 6.45) is 0. The molecule has 0 saturated heterocycles. The first kappa shape index (κ1) is 15.3. The average molecular weight is 351 g/mol. The lowest BCUT2D eigenvalue weighted by atomic mass is 10.2. The fourth-order valence-electron chi connectivity index (χ4n) is 2.03. The molecule has 0 bridgehead atoms. The molecule has 2 aromatic carbocycles. The first-order valence-corrected chi connectivity index (χ1v) is 7.14. The molecule has 1 aromatic heterocycles. The minimum Gasteiger partial charge on any atom is -0.451 e. The highest BCUT2D eigenvalue weighted by atomic mass is 35.5. The van der Waals surface area contributed by atoms with Gasteiger partial charge in [-0.3, -0.25) is 14.9 Å². The Morgan fingerprint density at radius 3 is 2.61 bits per heavy atom. The molecule has 0 unspecified atom stereocenters. The van der Waals surface area contributed by atoms with Crippen molar-refractivity contribution in [3.05, 3.63) is 68.4 Å².